The SMILES string of the molecule is Cc1ccc(Cl)cc1N(CCCC(=O)NC1CCCCC1)S(C)(=O)=O. The van der Waals surface area contributed by atoms with Crippen LogP contribution in [0.5, 0.6) is 0 Å². The summed E-state index contributed by atoms with van der Waals surface area (Å²) in [5, 5.41) is 3.55. The Bertz CT molecular complexity index is 700. The maximum Gasteiger partial charge on any atom is 0.232 e. The molecule has 1 aromatic rings. The second kappa shape index (κ2) is 8.90. The number of halogens is 1. The molecule has 0 spiro atoms. The number of nitrogens with one attached hydrogen (secondary N) is 1. The molecule has 0 heterocycles. The van der Waals surface area contributed by atoms with Crippen molar-refractivity contribution in [2.45, 2.75) is 57.9 Å². The molecule has 0 radical (unpaired) electrons. The van der Waals surface area contributed by atoms with Crippen molar-refractivity contribution in [1.82, 2.24) is 5.32 Å². The van der Waals surface area contributed by atoms with Gasteiger partial charge in [-0.25, -0.2) is 8.42 Å². The van der Waals surface area contributed by atoms with Crippen molar-refractivity contribution in [3.05, 3.63) is 28.8 Å². The summed E-state index contributed by atoms with van der Waals surface area (Å²) in [6.45, 7) is 2.11. The number of benzene rings is 1. The van der Waals surface area contributed by atoms with Crippen LogP contribution in [0.3, 0.4) is 0 Å². The molecule has 5 nitrogen and oxygen atoms in total. The standard InChI is InChI=1S/C18H27ClN2O3S/c1-14-10-11-15(19)13-17(14)21(25(2,23)24)12-6-9-18(22)20-16-7-4-3-5-8-16/h10-11,13,16H,3-9,12H2,1-2H3,(H,20,22). The first-order chi connectivity index (χ1) is 11.8. The predicted molar refractivity (Wildman–Crippen MR) is 103 cm³/mol. The third-order valence-electron chi connectivity index (χ3n) is 4.58. The molecular formula is C18H27ClN2O3S. The molecule has 25 heavy (non-hydrogen) atoms. The van der Waals surface area contributed by atoms with Crippen LogP contribution < -0.4 is 9.62 Å². The topological polar surface area (TPSA) is 66.5 Å². The number of nitrogens with zero attached hydrogens (tertiary/aromatic N) is 1. The summed E-state index contributed by atoms with van der Waals surface area (Å²) in [5.41, 5.74) is 1.41. The fourth-order valence-electron chi connectivity index (χ4n) is 3.25. The molecule has 1 N–H and O–H groups in total. The van der Waals surface area contributed by atoms with Gasteiger partial charge in [-0.05, 0) is 43.9 Å². The highest BCUT2D eigenvalue weighted by atomic mass is 35.5. The molecule has 0 unspecified atom stereocenters. The first-order valence-electron chi connectivity index (χ1n) is 8.80. The normalized spacial score (nSPS) is 15.8. The lowest BCUT2D eigenvalue weighted by molar-refractivity contribution is -0.122. The van der Waals surface area contributed by atoms with Crippen LogP contribution in [0.2, 0.25) is 5.02 Å². The van der Waals surface area contributed by atoms with Crippen LogP contribution in [0.15, 0.2) is 18.2 Å². The van der Waals surface area contributed by atoms with Crippen molar-refractivity contribution in [3.8, 4) is 0 Å². The Labute approximate surface area is 155 Å². The highest BCUT2D eigenvalue weighted by Crippen LogP contribution is 2.26. The first-order valence-corrected chi connectivity index (χ1v) is 11.0. The van der Waals surface area contributed by atoms with E-state index in [1.807, 2.05) is 6.92 Å². The zero-order chi connectivity index (χ0) is 18.4. The molecule has 0 aliphatic heterocycles. The van der Waals surface area contributed by atoms with Crippen molar-refractivity contribution in [2.75, 3.05) is 17.1 Å². The van der Waals surface area contributed by atoms with Crippen molar-refractivity contribution >= 4 is 33.2 Å². The maximum absolute atomic E-state index is 12.2. The van der Waals surface area contributed by atoms with Crippen LogP contribution in [-0.2, 0) is 14.8 Å². The molecule has 140 valence electrons. The Kier molecular flexibility index (Phi) is 7.14. The Balaban J connectivity index is 1.94. The highest BCUT2D eigenvalue weighted by molar-refractivity contribution is 7.92. The van der Waals surface area contributed by atoms with Gasteiger partial charge in [-0.2, -0.15) is 0 Å². The number of hydrogen-bond acceptors (Lipinski definition) is 3. The van der Waals surface area contributed by atoms with E-state index >= 15 is 0 Å². The Morgan fingerprint density at radius 1 is 1.28 bits per heavy atom. The van der Waals surface area contributed by atoms with Crippen LogP contribution in [0.25, 0.3) is 0 Å². The number of hydrogen-bond donors (Lipinski definition) is 1. The minimum Gasteiger partial charge on any atom is -0.353 e. The molecule has 1 amide bonds. The van der Waals surface area contributed by atoms with Gasteiger partial charge in [-0.1, -0.05) is 36.9 Å². The molecular weight excluding hydrogens is 360 g/mol. The van der Waals surface area contributed by atoms with E-state index in [1.165, 1.54) is 29.8 Å². The van der Waals surface area contributed by atoms with E-state index in [0.717, 1.165) is 18.4 Å². The molecule has 0 bridgehead atoms. The van der Waals surface area contributed by atoms with Crippen LogP contribution in [0.1, 0.15) is 50.5 Å². The maximum atomic E-state index is 12.2. The van der Waals surface area contributed by atoms with Gasteiger partial charge in [0.2, 0.25) is 15.9 Å². The average molecular weight is 387 g/mol. The van der Waals surface area contributed by atoms with E-state index in [9.17, 15) is 13.2 Å². The fourth-order valence-corrected chi connectivity index (χ4v) is 4.43. The minimum absolute atomic E-state index is 0.00293. The van der Waals surface area contributed by atoms with Crippen molar-refractivity contribution in [2.24, 2.45) is 0 Å². The molecule has 7 heteroatoms. The van der Waals surface area contributed by atoms with Gasteiger partial charge in [-0.3, -0.25) is 9.10 Å². The van der Waals surface area contributed by atoms with E-state index in [-0.39, 0.29) is 18.5 Å². The summed E-state index contributed by atoms with van der Waals surface area (Å²) in [6.07, 6.45) is 7.64. The lowest BCUT2D eigenvalue weighted by Crippen LogP contribution is -2.37. The molecule has 0 aromatic heterocycles. The number of carbonyl (C=O) groups excluding carboxylic acids is 1. The highest BCUT2D eigenvalue weighted by Gasteiger charge is 2.20. The quantitative estimate of drug-likeness (QED) is 0.777. The molecule has 1 aliphatic carbocycles. The Morgan fingerprint density at radius 2 is 1.96 bits per heavy atom. The zero-order valence-corrected chi connectivity index (χ0v) is 16.5. The van der Waals surface area contributed by atoms with Crippen molar-refractivity contribution in [1.29, 1.82) is 0 Å². The van der Waals surface area contributed by atoms with E-state index in [1.54, 1.807) is 18.2 Å². The van der Waals surface area contributed by atoms with Gasteiger partial charge in [0.15, 0.2) is 0 Å². The summed E-state index contributed by atoms with van der Waals surface area (Å²) in [5.74, 6) is 0.00293. The lowest BCUT2D eigenvalue weighted by Gasteiger charge is -2.25. The van der Waals surface area contributed by atoms with Gasteiger partial charge >= 0.3 is 0 Å². The van der Waals surface area contributed by atoms with E-state index in [4.69, 9.17) is 11.6 Å². The van der Waals surface area contributed by atoms with E-state index in [0.29, 0.717) is 23.6 Å². The second-order valence-corrected chi connectivity index (χ2v) is 9.12. The number of rotatable bonds is 7. The predicted octanol–water partition coefficient (Wildman–Crippen LogP) is 3.64. The second-order valence-electron chi connectivity index (χ2n) is 6.77. The molecule has 1 fully saturated rings. The summed E-state index contributed by atoms with van der Waals surface area (Å²) in [7, 11) is -3.44. The number of aryl methyl sites for hydroxylation is 1. The van der Waals surface area contributed by atoms with E-state index < -0.39 is 10.0 Å². The summed E-state index contributed by atoms with van der Waals surface area (Å²) < 4.78 is 25.7. The zero-order valence-electron chi connectivity index (χ0n) is 14.9. The number of carbonyl (C=O) groups is 1. The molecule has 1 aromatic carbocycles. The monoisotopic (exact) mass is 386 g/mol. The van der Waals surface area contributed by atoms with Crippen LogP contribution in [0, 0.1) is 6.92 Å². The third-order valence-corrected chi connectivity index (χ3v) is 5.99. The van der Waals surface area contributed by atoms with Crippen molar-refractivity contribution in [3.63, 3.8) is 0 Å². The van der Waals surface area contributed by atoms with Crippen molar-refractivity contribution < 1.29 is 13.2 Å². The van der Waals surface area contributed by atoms with Gasteiger partial charge in [0.1, 0.15) is 0 Å². The van der Waals surface area contributed by atoms with Crippen LogP contribution in [-0.4, -0.2) is 33.2 Å². The van der Waals surface area contributed by atoms with Gasteiger partial charge < -0.3 is 5.32 Å². The fraction of sp³-hybridized carbons (Fsp3) is 0.611. The van der Waals surface area contributed by atoms with Gasteiger partial charge in [0.25, 0.3) is 0 Å². The van der Waals surface area contributed by atoms with Gasteiger partial charge in [0, 0.05) is 24.0 Å². The van der Waals surface area contributed by atoms with Gasteiger partial charge in [-0.15, -0.1) is 0 Å². The summed E-state index contributed by atoms with van der Waals surface area (Å²) in [4.78, 5) is 12.1. The molecule has 1 saturated carbocycles. The smallest absolute Gasteiger partial charge is 0.232 e. The largest absolute Gasteiger partial charge is 0.353 e. The van der Waals surface area contributed by atoms with Gasteiger partial charge in [0.05, 0.1) is 11.9 Å². The molecule has 1 aliphatic rings. The Hall–Kier alpha value is -1.27. The average Bonchev–Trinajstić information content (AvgIpc) is 2.54. The van der Waals surface area contributed by atoms with Crippen LogP contribution in [0.4, 0.5) is 5.69 Å². The number of anilines is 1. The lowest BCUT2D eigenvalue weighted by atomic mass is 9.95. The van der Waals surface area contributed by atoms with Crippen LogP contribution >= 0.6 is 11.6 Å². The minimum atomic E-state index is -3.44. The number of amides is 1. The number of sulfonamides is 1. The molecule has 2 rings (SSSR count). The molecule has 0 saturated heterocycles. The summed E-state index contributed by atoms with van der Waals surface area (Å²) >= 11 is 6.02. The molecule has 0 atom stereocenters. The Morgan fingerprint density at radius 3 is 2.60 bits per heavy atom. The first kappa shape index (κ1) is 20.0. The van der Waals surface area contributed by atoms with E-state index in [2.05, 4.69) is 5.32 Å². The third kappa shape index (κ3) is 6.19. The summed E-state index contributed by atoms with van der Waals surface area (Å²) in [6, 6.07) is 5.46.